The van der Waals surface area contributed by atoms with E-state index in [-0.39, 0.29) is 12.3 Å². The van der Waals surface area contributed by atoms with E-state index in [1.165, 1.54) is 0 Å². The van der Waals surface area contributed by atoms with Crippen LogP contribution in [0.4, 0.5) is 5.69 Å². The van der Waals surface area contributed by atoms with Crippen LogP contribution in [0.1, 0.15) is 25.7 Å². The fourth-order valence-corrected chi connectivity index (χ4v) is 2.29. The average molecular weight is 276 g/mol. The van der Waals surface area contributed by atoms with Crippen LogP contribution in [-0.4, -0.2) is 30.1 Å². The number of hydrogen-bond acceptors (Lipinski definition) is 3. The van der Waals surface area contributed by atoms with Gasteiger partial charge in [0.25, 0.3) is 0 Å². The molecule has 1 aliphatic carbocycles. The van der Waals surface area contributed by atoms with Gasteiger partial charge < -0.3 is 15.7 Å². The van der Waals surface area contributed by atoms with Crippen LogP contribution in [0.15, 0.2) is 30.3 Å². The highest BCUT2D eigenvalue weighted by atomic mass is 16.4. The molecule has 20 heavy (non-hydrogen) atoms. The third kappa shape index (κ3) is 3.17. The zero-order valence-corrected chi connectivity index (χ0v) is 11.4. The van der Waals surface area contributed by atoms with Gasteiger partial charge in [-0.25, -0.2) is 0 Å². The molecule has 0 radical (unpaired) electrons. The number of benzene rings is 1. The summed E-state index contributed by atoms with van der Waals surface area (Å²) < 4.78 is 0. The largest absolute Gasteiger partial charge is 0.481 e. The highest BCUT2D eigenvalue weighted by molar-refractivity contribution is 5.99. The molecule has 0 bridgehead atoms. The van der Waals surface area contributed by atoms with Crippen LogP contribution in [0.3, 0.4) is 0 Å². The average Bonchev–Trinajstić information content (AvgIpc) is 3.25. The number of rotatable bonds is 7. The molecule has 1 saturated carbocycles. The molecule has 5 heteroatoms. The van der Waals surface area contributed by atoms with Crippen molar-refractivity contribution in [2.24, 2.45) is 11.1 Å². The van der Waals surface area contributed by atoms with Gasteiger partial charge in [0.15, 0.2) is 0 Å². The monoisotopic (exact) mass is 276 g/mol. The van der Waals surface area contributed by atoms with E-state index >= 15 is 0 Å². The van der Waals surface area contributed by atoms with E-state index in [9.17, 15) is 9.59 Å². The summed E-state index contributed by atoms with van der Waals surface area (Å²) >= 11 is 0. The molecule has 108 valence electrons. The summed E-state index contributed by atoms with van der Waals surface area (Å²) in [5.74, 6) is -0.818. The van der Waals surface area contributed by atoms with Gasteiger partial charge in [0.1, 0.15) is 0 Å². The number of carboxylic acid groups (broad SMARTS) is 1. The van der Waals surface area contributed by atoms with Crippen molar-refractivity contribution < 1.29 is 14.7 Å². The van der Waals surface area contributed by atoms with Crippen molar-refractivity contribution in [2.45, 2.75) is 25.7 Å². The van der Waals surface area contributed by atoms with E-state index in [4.69, 9.17) is 10.8 Å². The van der Waals surface area contributed by atoms with E-state index in [2.05, 4.69) is 0 Å². The first kappa shape index (κ1) is 14.5. The minimum atomic E-state index is -0.842. The second-order valence-corrected chi connectivity index (χ2v) is 5.27. The van der Waals surface area contributed by atoms with Crippen molar-refractivity contribution in [1.82, 2.24) is 0 Å². The Bertz CT molecular complexity index is 483. The Morgan fingerprint density at radius 1 is 1.25 bits per heavy atom. The smallest absolute Gasteiger partial charge is 0.303 e. The number of anilines is 1. The van der Waals surface area contributed by atoms with Gasteiger partial charge in [-0.1, -0.05) is 18.2 Å². The molecule has 0 atom stereocenters. The van der Waals surface area contributed by atoms with Gasteiger partial charge in [0.2, 0.25) is 5.91 Å². The summed E-state index contributed by atoms with van der Waals surface area (Å²) in [5.41, 5.74) is 6.11. The highest BCUT2D eigenvalue weighted by Crippen LogP contribution is 2.46. The lowest BCUT2D eigenvalue weighted by atomic mass is 10.0. The number of nitrogens with zero attached hydrogens (tertiary/aromatic N) is 1. The molecule has 1 amide bonds. The van der Waals surface area contributed by atoms with E-state index in [0.717, 1.165) is 18.5 Å². The second kappa shape index (κ2) is 6.05. The van der Waals surface area contributed by atoms with Crippen molar-refractivity contribution >= 4 is 17.6 Å². The minimum absolute atomic E-state index is 0.0246. The summed E-state index contributed by atoms with van der Waals surface area (Å²) in [4.78, 5) is 24.9. The Kier molecular flexibility index (Phi) is 4.39. The SMILES string of the molecule is NCC1(C(=O)N(CCCC(=O)O)c2ccccc2)CC1. The first-order valence-electron chi connectivity index (χ1n) is 6.88. The molecule has 3 N–H and O–H groups in total. The van der Waals surface area contributed by atoms with Gasteiger partial charge in [-0.05, 0) is 31.4 Å². The molecule has 1 fully saturated rings. The van der Waals surface area contributed by atoms with Crippen LogP contribution >= 0.6 is 0 Å². The number of carboxylic acids is 1. The molecular weight excluding hydrogens is 256 g/mol. The lowest BCUT2D eigenvalue weighted by Gasteiger charge is -2.27. The summed E-state index contributed by atoms with van der Waals surface area (Å²) in [7, 11) is 0. The van der Waals surface area contributed by atoms with E-state index in [1.54, 1.807) is 4.90 Å². The predicted octanol–water partition coefficient (Wildman–Crippen LogP) is 1.62. The van der Waals surface area contributed by atoms with Crippen LogP contribution < -0.4 is 10.6 Å². The third-order valence-corrected chi connectivity index (χ3v) is 3.78. The number of carbonyl (C=O) groups excluding carboxylic acids is 1. The number of amides is 1. The summed E-state index contributed by atoms with van der Waals surface area (Å²) in [6.45, 7) is 0.769. The second-order valence-electron chi connectivity index (χ2n) is 5.27. The zero-order chi connectivity index (χ0) is 14.6. The molecule has 5 nitrogen and oxygen atoms in total. The van der Waals surface area contributed by atoms with Crippen LogP contribution in [0.2, 0.25) is 0 Å². The number of aliphatic carboxylic acids is 1. The molecule has 1 aromatic rings. The number of carbonyl (C=O) groups is 2. The fourth-order valence-electron chi connectivity index (χ4n) is 2.29. The summed E-state index contributed by atoms with van der Waals surface area (Å²) in [6.07, 6.45) is 2.15. The van der Waals surface area contributed by atoms with E-state index in [1.807, 2.05) is 30.3 Å². The molecule has 1 aromatic carbocycles. The maximum Gasteiger partial charge on any atom is 0.303 e. The topological polar surface area (TPSA) is 83.6 Å². The molecule has 0 aliphatic heterocycles. The molecule has 2 rings (SSSR count). The van der Waals surface area contributed by atoms with Crippen molar-refractivity contribution in [3.8, 4) is 0 Å². The first-order valence-corrected chi connectivity index (χ1v) is 6.88. The third-order valence-electron chi connectivity index (χ3n) is 3.78. The predicted molar refractivity (Wildman–Crippen MR) is 76.4 cm³/mol. The normalized spacial score (nSPS) is 15.7. The van der Waals surface area contributed by atoms with Gasteiger partial charge in [0, 0.05) is 25.2 Å². The van der Waals surface area contributed by atoms with Crippen LogP contribution in [0, 0.1) is 5.41 Å². The van der Waals surface area contributed by atoms with Crippen molar-refractivity contribution in [2.75, 3.05) is 18.0 Å². The molecule has 1 aliphatic rings. The molecular formula is C15H20N2O3. The van der Waals surface area contributed by atoms with Gasteiger partial charge in [-0.3, -0.25) is 9.59 Å². The van der Waals surface area contributed by atoms with Crippen LogP contribution in [0.5, 0.6) is 0 Å². The Morgan fingerprint density at radius 3 is 2.40 bits per heavy atom. The highest BCUT2D eigenvalue weighted by Gasteiger charge is 2.50. The summed E-state index contributed by atoms with van der Waals surface area (Å²) in [6, 6.07) is 9.36. The van der Waals surface area contributed by atoms with Crippen molar-refractivity contribution in [3.63, 3.8) is 0 Å². The molecule has 0 spiro atoms. The van der Waals surface area contributed by atoms with Crippen LogP contribution in [0.25, 0.3) is 0 Å². The maximum atomic E-state index is 12.6. The molecule has 0 aromatic heterocycles. The van der Waals surface area contributed by atoms with Gasteiger partial charge >= 0.3 is 5.97 Å². The molecule has 0 unspecified atom stereocenters. The van der Waals surface area contributed by atoms with E-state index < -0.39 is 11.4 Å². The van der Waals surface area contributed by atoms with Gasteiger partial charge in [-0.2, -0.15) is 0 Å². The van der Waals surface area contributed by atoms with E-state index in [0.29, 0.717) is 19.5 Å². The van der Waals surface area contributed by atoms with Gasteiger partial charge in [0.05, 0.1) is 5.41 Å². The standard InChI is InChI=1S/C15H20N2O3/c16-11-15(8-9-15)14(20)17(10-4-7-13(18)19)12-5-2-1-3-6-12/h1-3,5-6H,4,7-11,16H2,(H,18,19). The maximum absolute atomic E-state index is 12.6. The number of para-hydroxylation sites is 1. The Hall–Kier alpha value is -1.88. The van der Waals surface area contributed by atoms with Crippen molar-refractivity contribution in [1.29, 1.82) is 0 Å². The number of nitrogens with two attached hydrogens (primary N) is 1. The first-order chi connectivity index (χ1) is 9.59. The van der Waals surface area contributed by atoms with Crippen molar-refractivity contribution in [3.05, 3.63) is 30.3 Å². The molecule has 0 saturated heterocycles. The summed E-state index contributed by atoms with van der Waals surface area (Å²) in [5, 5.41) is 8.73. The quantitative estimate of drug-likeness (QED) is 0.792. The minimum Gasteiger partial charge on any atom is -0.481 e. The Morgan fingerprint density at radius 2 is 1.90 bits per heavy atom. The van der Waals surface area contributed by atoms with Gasteiger partial charge in [-0.15, -0.1) is 0 Å². The fraction of sp³-hybridized carbons (Fsp3) is 0.467. The lowest BCUT2D eigenvalue weighted by Crippen LogP contribution is -2.41. The molecule has 0 heterocycles. The zero-order valence-electron chi connectivity index (χ0n) is 11.4. The number of hydrogen-bond donors (Lipinski definition) is 2. The van der Waals surface area contributed by atoms with Crippen LogP contribution in [-0.2, 0) is 9.59 Å². The lowest BCUT2D eigenvalue weighted by molar-refractivity contribution is -0.137. The Balaban J connectivity index is 2.12. The Labute approximate surface area is 118 Å².